The summed E-state index contributed by atoms with van der Waals surface area (Å²) < 4.78 is 5.84. The predicted molar refractivity (Wildman–Crippen MR) is 103 cm³/mol. The molecule has 0 aromatic rings. The quantitative estimate of drug-likeness (QED) is 0.674. The van der Waals surface area contributed by atoms with Crippen LogP contribution in [0.3, 0.4) is 0 Å². The van der Waals surface area contributed by atoms with E-state index in [-0.39, 0.29) is 35.9 Å². The van der Waals surface area contributed by atoms with E-state index >= 15 is 0 Å². The van der Waals surface area contributed by atoms with Gasteiger partial charge in [-0.05, 0) is 65.4 Å². The number of hydrogen-bond acceptors (Lipinski definition) is 3. The average molecular weight is 352 g/mol. The van der Waals surface area contributed by atoms with Crippen LogP contribution in [-0.4, -0.2) is 34.3 Å². The first-order valence-electron chi connectivity index (χ1n) is 9.50. The first-order valence-corrected chi connectivity index (χ1v) is 9.50. The third-order valence-electron chi connectivity index (χ3n) is 5.29. The maximum atomic E-state index is 12.7. The van der Waals surface area contributed by atoms with Gasteiger partial charge in [0.25, 0.3) is 0 Å². The summed E-state index contributed by atoms with van der Waals surface area (Å²) in [6.07, 6.45) is 0.791. The highest BCUT2D eigenvalue weighted by molar-refractivity contribution is 5.69. The molecule has 25 heavy (non-hydrogen) atoms. The monoisotopic (exact) mass is 351 g/mol. The number of ether oxygens (including phenoxy) is 1. The summed E-state index contributed by atoms with van der Waals surface area (Å²) in [5.74, 6) is 1.10. The zero-order valence-corrected chi connectivity index (χ0v) is 17.3. The summed E-state index contributed by atoms with van der Waals surface area (Å²) in [6.45, 7) is 20.1. The molecule has 0 aromatic carbocycles. The van der Waals surface area contributed by atoms with Crippen molar-refractivity contribution in [2.45, 2.75) is 86.4 Å². The van der Waals surface area contributed by atoms with E-state index in [0.717, 1.165) is 17.6 Å². The van der Waals surface area contributed by atoms with Crippen LogP contribution in [0, 0.1) is 17.8 Å². The fourth-order valence-electron chi connectivity index (χ4n) is 3.69. The van der Waals surface area contributed by atoms with E-state index in [4.69, 9.17) is 4.74 Å². The Kier molecular flexibility index (Phi) is 7.73. The van der Waals surface area contributed by atoms with E-state index in [1.54, 1.807) is 4.90 Å². The minimum Gasteiger partial charge on any atom is -0.415 e. The molecule has 4 nitrogen and oxygen atoms in total. The molecule has 0 bridgehead atoms. The Balaban J connectivity index is 3.13. The molecule has 0 spiro atoms. The minimum atomic E-state index is -0.442. The van der Waals surface area contributed by atoms with E-state index < -0.39 is 6.10 Å². The molecule has 0 saturated carbocycles. The van der Waals surface area contributed by atoms with Gasteiger partial charge >= 0.3 is 6.09 Å². The average Bonchev–Trinajstić information content (AvgIpc) is 2.47. The molecule has 0 fully saturated rings. The lowest BCUT2D eigenvalue weighted by Crippen LogP contribution is -2.43. The van der Waals surface area contributed by atoms with Crippen LogP contribution in [0.25, 0.3) is 0 Å². The Morgan fingerprint density at radius 2 is 1.72 bits per heavy atom. The first kappa shape index (κ1) is 21.8. The van der Waals surface area contributed by atoms with Crippen LogP contribution < -0.4 is 0 Å². The molecule has 1 N–H and O–H groups in total. The van der Waals surface area contributed by atoms with Crippen LogP contribution >= 0.6 is 0 Å². The predicted octanol–water partition coefficient (Wildman–Crippen LogP) is 5.14. The van der Waals surface area contributed by atoms with Crippen LogP contribution in [0.4, 0.5) is 4.79 Å². The zero-order valence-electron chi connectivity index (χ0n) is 17.3. The van der Waals surface area contributed by atoms with Crippen LogP contribution in [0.5, 0.6) is 0 Å². The Morgan fingerprint density at radius 3 is 2.12 bits per heavy atom. The molecule has 1 aliphatic rings. The number of aliphatic hydroxyl groups is 1. The number of hydrogen-bond donors (Lipinski definition) is 1. The molecule has 1 rings (SSSR count). The van der Waals surface area contributed by atoms with E-state index in [2.05, 4.69) is 6.58 Å². The molecule has 0 heterocycles. The van der Waals surface area contributed by atoms with Crippen molar-refractivity contribution in [1.29, 1.82) is 0 Å². The van der Waals surface area contributed by atoms with Crippen molar-refractivity contribution in [1.82, 2.24) is 4.90 Å². The van der Waals surface area contributed by atoms with Crippen LogP contribution in [0.2, 0.25) is 0 Å². The van der Waals surface area contributed by atoms with Gasteiger partial charge in [0, 0.05) is 24.4 Å². The van der Waals surface area contributed by atoms with Gasteiger partial charge in [0.15, 0.2) is 0 Å². The largest absolute Gasteiger partial charge is 0.415 e. The number of nitrogens with zero attached hydrogens (tertiary/aromatic N) is 1. The van der Waals surface area contributed by atoms with Crippen molar-refractivity contribution in [3.8, 4) is 0 Å². The summed E-state index contributed by atoms with van der Waals surface area (Å²) in [5, 5.41) is 10.6. The second-order valence-electron chi connectivity index (χ2n) is 8.39. The third-order valence-corrected chi connectivity index (χ3v) is 5.29. The molecular formula is C21H37NO3. The molecule has 4 heteroatoms. The van der Waals surface area contributed by atoms with Gasteiger partial charge < -0.3 is 14.7 Å². The number of allylic oxidation sites excluding steroid dienone is 2. The van der Waals surface area contributed by atoms with Crippen molar-refractivity contribution in [3.63, 3.8) is 0 Å². The third kappa shape index (κ3) is 5.34. The van der Waals surface area contributed by atoms with E-state index in [9.17, 15) is 9.90 Å². The molecule has 0 radical (unpaired) electrons. The van der Waals surface area contributed by atoms with Crippen LogP contribution in [0.15, 0.2) is 23.5 Å². The highest BCUT2D eigenvalue weighted by atomic mass is 16.6. The Bertz CT molecular complexity index is 511. The summed E-state index contributed by atoms with van der Waals surface area (Å²) in [4.78, 5) is 14.5. The lowest BCUT2D eigenvalue weighted by molar-refractivity contribution is 0.0550. The van der Waals surface area contributed by atoms with Gasteiger partial charge in [-0.1, -0.05) is 26.0 Å². The van der Waals surface area contributed by atoms with E-state index in [1.165, 1.54) is 0 Å². The second kappa shape index (κ2) is 8.88. The van der Waals surface area contributed by atoms with Crippen LogP contribution in [0.1, 0.15) is 68.2 Å². The van der Waals surface area contributed by atoms with Gasteiger partial charge in [0.1, 0.15) is 5.76 Å². The van der Waals surface area contributed by atoms with Gasteiger partial charge in [-0.25, -0.2) is 4.79 Å². The molecule has 3 atom stereocenters. The Hall–Kier alpha value is -1.29. The molecule has 0 unspecified atom stereocenters. The van der Waals surface area contributed by atoms with Crippen molar-refractivity contribution in [2.75, 3.05) is 0 Å². The van der Waals surface area contributed by atoms with Crippen molar-refractivity contribution in [3.05, 3.63) is 23.5 Å². The molecule has 0 aromatic heterocycles. The highest BCUT2D eigenvalue weighted by Crippen LogP contribution is 2.40. The Morgan fingerprint density at radius 1 is 1.20 bits per heavy atom. The Labute approximate surface area is 153 Å². The summed E-state index contributed by atoms with van der Waals surface area (Å²) in [6, 6.07) is 0.150. The smallest absolute Gasteiger partial charge is 0.415 e. The number of rotatable bonds is 6. The molecular weight excluding hydrogens is 314 g/mol. The SMILES string of the molecule is C=C(C)[C@H]1CC(OC(=O)N(C(C)C)C(C)C)=C(C)[C@H]([C@@H](O)C(C)C)C1. The minimum absolute atomic E-state index is 0.00444. The zero-order chi connectivity index (χ0) is 19.5. The summed E-state index contributed by atoms with van der Waals surface area (Å²) in [5.41, 5.74) is 2.08. The summed E-state index contributed by atoms with van der Waals surface area (Å²) >= 11 is 0. The van der Waals surface area contributed by atoms with E-state index in [1.807, 2.05) is 55.4 Å². The highest BCUT2D eigenvalue weighted by Gasteiger charge is 2.35. The number of amides is 1. The topological polar surface area (TPSA) is 49.8 Å². The van der Waals surface area contributed by atoms with Gasteiger partial charge in [-0.2, -0.15) is 0 Å². The van der Waals surface area contributed by atoms with Crippen molar-refractivity contribution >= 4 is 6.09 Å². The van der Waals surface area contributed by atoms with Gasteiger partial charge in [-0.3, -0.25) is 0 Å². The lowest BCUT2D eigenvalue weighted by atomic mass is 9.73. The number of carbonyl (C=O) groups excluding carboxylic acids is 1. The maximum Gasteiger partial charge on any atom is 0.415 e. The van der Waals surface area contributed by atoms with Gasteiger partial charge in [-0.15, -0.1) is 0 Å². The standard InChI is InChI=1S/C21H37NO3/c1-12(2)17-10-18(20(23)13(3)4)16(9)19(11-17)25-21(24)22(14(5)6)15(7)8/h13-15,17-18,20,23H,1,10-11H2,2-9H3/t17-,18-,20+/m1/s1. The first-order chi connectivity index (χ1) is 11.5. The number of carbonyl (C=O) groups is 1. The normalized spacial score (nSPS) is 22.6. The molecule has 144 valence electrons. The van der Waals surface area contributed by atoms with Gasteiger partial charge in [0.05, 0.1) is 6.10 Å². The maximum absolute atomic E-state index is 12.7. The molecule has 0 saturated heterocycles. The molecule has 0 aliphatic heterocycles. The van der Waals surface area contributed by atoms with Crippen molar-refractivity contribution in [2.24, 2.45) is 17.8 Å². The lowest BCUT2D eigenvalue weighted by Gasteiger charge is -2.37. The van der Waals surface area contributed by atoms with Gasteiger partial charge in [0.2, 0.25) is 0 Å². The fourth-order valence-corrected chi connectivity index (χ4v) is 3.69. The number of aliphatic hydroxyl groups excluding tert-OH is 1. The fraction of sp³-hybridized carbons (Fsp3) is 0.762. The second-order valence-corrected chi connectivity index (χ2v) is 8.39. The molecule has 1 amide bonds. The summed E-state index contributed by atoms with van der Waals surface area (Å²) in [7, 11) is 0. The van der Waals surface area contributed by atoms with Crippen LogP contribution in [-0.2, 0) is 4.74 Å². The van der Waals surface area contributed by atoms with E-state index in [0.29, 0.717) is 12.2 Å². The van der Waals surface area contributed by atoms with Crippen molar-refractivity contribution < 1.29 is 14.6 Å². The molecule has 1 aliphatic carbocycles.